The minimum atomic E-state index is 0.357. The molecule has 2 aliphatic carbocycles. The zero-order chi connectivity index (χ0) is 14.5. The van der Waals surface area contributed by atoms with E-state index in [0.717, 1.165) is 44.7 Å². The molecule has 0 aromatic heterocycles. The minimum absolute atomic E-state index is 0.357. The van der Waals surface area contributed by atoms with E-state index in [1.165, 1.54) is 24.8 Å². The highest BCUT2D eigenvalue weighted by Crippen LogP contribution is 2.59. The van der Waals surface area contributed by atoms with Crippen molar-refractivity contribution in [2.75, 3.05) is 33.4 Å². The Morgan fingerprint density at radius 2 is 1.95 bits per heavy atom. The first-order chi connectivity index (χ1) is 10.3. The van der Waals surface area contributed by atoms with Gasteiger partial charge in [-0.05, 0) is 36.7 Å². The van der Waals surface area contributed by atoms with Crippen LogP contribution in [-0.2, 0) is 16.1 Å². The SMILES string of the molecule is COCCNCC1(COCc2ccccc2)CC2CC2C1. The first-order valence-corrected chi connectivity index (χ1v) is 8.13. The lowest BCUT2D eigenvalue weighted by Gasteiger charge is -2.31. The molecule has 0 spiro atoms. The molecule has 2 saturated carbocycles. The molecule has 21 heavy (non-hydrogen) atoms. The maximum Gasteiger partial charge on any atom is 0.0717 e. The van der Waals surface area contributed by atoms with Crippen LogP contribution in [0.4, 0.5) is 0 Å². The van der Waals surface area contributed by atoms with Gasteiger partial charge < -0.3 is 14.8 Å². The topological polar surface area (TPSA) is 30.5 Å². The van der Waals surface area contributed by atoms with Crippen molar-refractivity contribution in [1.29, 1.82) is 0 Å². The van der Waals surface area contributed by atoms with Crippen LogP contribution < -0.4 is 5.32 Å². The Kier molecular flexibility index (Phi) is 4.94. The maximum atomic E-state index is 6.06. The van der Waals surface area contributed by atoms with Gasteiger partial charge in [0.15, 0.2) is 0 Å². The van der Waals surface area contributed by atoms with Crippen LogP contribution in [0.5, 0.6) is 0 Å². The van der Waals surface area contributed by atoms with Crippen LogP contribution in [0.1, 0.15) is 24.8 Å². The number of rotatable bonds is 9. The molecular weight excluding hydrogens is 262 g/mol. The number of hydrogen-bond donors (Lipinski definition) is 1. The fraction of sp³-hybridized carbons (Fsp3) is 0.667. The van der Waals surface area contributed by atoms with E-state index in [2.05, 4.69) is 35.6 Å². The summed E-state index contributed by atoms with van der Waals surface area (Å²) in [6, 6.07) is 10.5. The highest BCUT2D eigenvalue weighted by molar-refractivity contribution is 5.13. The van der Waals surface area contributed by atoms with E-state index in [1.807, 2.05) is 0 Å². The van der Waals surface area contributed by atoms with E-state index in [-0.39, 0.29) is 0 Å². The number of methoxy groups -OCH3 is 1. The van der Waals surface area contributed by atoms with Gasteiger partial charge in [-0.25, -0.2) is 0 Å². The van der Waals surface area contributed by atoms with Crippen LogP contribution in [0.2, 0.25) is 0 Å². The second-order valence-corrected chi connectivity index (χ2v) is 6.81. The number of benzene rings is 1. The average Bonchev–Trinajstić information content (AvgIpc) is 3.13. The van der Waals surface area contributed by atoms with Gasteiger partial charge in [0.2, 0.25) is 0 Å². The van der Waals surface area contributed by atoms with Gasteiger partial charge in [0.1, 0.15) is 0 Å². The zero-order valence-corrected chi connectivity index (χ0v) is 13.0. The Hall–Kier alpha value is -0.900. The van der Waals surface area contributed by atoms with Crippen LogP contribution in [0.3, 0.4) is 0 Å². The quantitative estimate of drug-likeness (QED) is 0.709. The predicted octanol–water partition coefficient (Wildman–Crippen LogP) is 2.86. The van der Waals surface area contributed by atoms with Gasteiger partial charge in [-0.1, -0.05) is 30.3 Å². The normalized spacial score (nSPS) is 30.3. The molecule has 3 rings (SSSR count). The summed E-state index contributed by atoms with van der Waals surface area (Å²) in [4.78, 5) is 0. The van der Waals surface area contributed by atoms with Gasteiger partial charge >= 0.3 is 0 Å². The number of fused-ring (bicyclic) bond motifs is 1. The summed E-state index contributed by atoms with van der Waals surface area (Å²) < 4.78 is 11.2. The summed E-state index contributed by atoms with van der Waals surface area (Å²) in [6.07, 6.45) is 4.14. The molecule has 0 aliphatic heterocycles. The van der Waals surface area contributed by atoms with Crippen LogP contribution >= 0.6 is 0 Å². The first kappa shape index (κ1) is 15.0. The lowest BCUT2D eigenvalue weighted by molar-refractivity contribution is 0.0286. The largest absolute Gasteiger partial charge is 0.383 e. The molecule has 0 amide bonds. The third-order valence-electron chi connectivity index (χ3n) is 4.96. The lowest BCUT2D eigenvalue weighted by atomic mass is 9.83. The van der Waals surface area contributed by atoms with Crippen molar-refractivity contribution in [3.63, 3.8) is 0 Å². The van der Waals surface area contributed by atoms with Crippen molar-refractivity contribution in [1.82, 2.24) is 5.32 Å². The highest BCUT2D eigenvalue weighted by Gasteiger charge is 2.53. The summed E-state index contributed by atoms with van der Waals surface area (Å²) in [5.41, 5.74) is 1.62. The molecule has 2 aliphatic rings. The number of hydrogen-bond acceptors (Lipinski definition) is 3. The molecule has 0 heterocycles. The smallest absolute Gasteiger partial charge is 0.0717 e. The Morgan fingerprint density at radius 1 is 1.19 bits per heavy atom. The van der Waals surface area contributed by atoms with E-state index in [0.29, 0.717) is 5.41 Å². The third-order valence-corrected chi connectivity index (χ3v) is 4.96. The summed E-state index contributed by atoms with van der Waals surface area (Å²) in [7, 11) is 1.76. The summed E-state index contributed by atoms with van der Waals surface area (Å²) in [5, 5.41) is 3.55. The van der Waals surface area contributed by atoms with Crippen molar-refractivity contribution in [3.8, 4) is 0 Å². The molecule has 0 bridgehead atoms. The van der Waals surface area contributed by atoms with E-state index < -0.39 is 0 Å². The maximum absolute atomic E-state index is 6.06. The molecular formula is C18H27NO2. The zero-order valence-electron chi connectivity index (χ0n) is 13.0. The fourth-order valence-electron chi connectivity index (χ4n) is 3.81. The van der Waals surface area contributed by atoms with Crippen LogP contribution in [0.15, 0.2) is 30.3 Å². The molecule has 1 aromatic carbocycles. The Balaban J connectivity index is 1.46. The number of nitrogens with one attached hydrogen (secondary N) is 1. The van der Waals surface area contributed by atoms with Crippen LogP contribution in [-0.4, -0.2) is 33.4 Å². The van der Waals surface area contributed by atoms with Crippen LogP contribution in [0.25, 0.3) is 0 Å². The van der Waals surface area contributed by atoms with E-state index in [4.69, 9.17) is 9.47 Å². The second kappa shape index (κ2) is 6.91. The molecule has 116 valence electrons. The summed E-state index contributed by atoms with van der Waals surface area (Å²) in [6.45, 7) is 4.41. The Morgan fingerprint density at radius 3 is 2.67 bits per heavy atom. The molecule has 0 radical (unpaired) electrons. The van der Waals surface area contributed by atoms with Gasteiger partial charge in [-0.3, -0.25) is 0 Å². The Bertz CT molecular complexity index is 424. The van der Waals surface area contributed by atoms with Crippen LogP contribution in [0, 0.1) is 17.3 Å². The van der Waals surface area contributed by atoms with Crippen molar-refractivity contribution < 1.29 is 9.47 Å². The monoisotopic (exact) mass is 289 g/mol. The standard InChI is InChI=1S/C18H27NO2/c1-20-8-7-19-13-18(10-16-9-17(16)11-18)14-21-12-15-5-3-2-4-6-15/h2-6,16-17,19H,7-14H2,1H3. The van der Waals surface area contributed by atoms with Gasteiger partial charge in [0, 0.05) is 25.6 Å². The molecule has 3 nitrogen and oxygen atoms in total. The van der Waals surface area contributed by atoms with Gasteiger partial charge in [0.25, 0.3) is 0 Å². The minimum Gasteiger partial charge on any atom is -0.383 e. The van der Waals surface area contributed by atoms with Crippen molar-refractivity contribution in [2.24, 2.45) is 17.3 Å². The van der Waals surface area contributed by atoms with E-state index in [9.17, 15) is 0 Å². The lowest BCUT2D eigenvalue weighted by Crippen LogP contribution is -2.38. The molecule has 2 unspecified atom stereocenters. The third kappa shape index (κ3) is 4.06. The van der Waals surface area contributed by atoms with Crippen molar-refractivity contribution in [2.45, 2.75) is 25.9 Å². The fourth-order valence-corrected chi connectivity index (χ4v) is 3.81. The average molecular weight is 289 g/mol. The molecule has 2 fully saturated rings. The molecule has 1 aromatic rings. The van der Waals surface area contributed by atoms with Crippen molar-refractivity contribution >= 4 is 0 Å². The van der Waals surface area contributed by atoms with E-state index >= 15 is 0 Å². The summed E-state index contributed by atoms with van der Waals surface area (Å²) >= 11 is 0. The molecule has 2 atom stereocenters. The molecule has 1 N–H and O–H groups in total. The van der Waals surface area contributed by atoms with Gasteiger partial charge in [-0.2, -0.15) is 0 Å². The number of ether oxygens (including phenoxy) is 2. The first-order valence-electron chi connectivity index (χ1n) is 8.13. The molecule has 3 heteroatoms. The van der Waals surface area contributed by atoms with Gasteiger partial charge in [-0.15, -0.1) is 0 Å². The highest BCUT2D eigenvalue weighted by atomic mass is 16.5. The molecule has 0 saturated heterocycles. The van der Waals surface area contributed by atoms with E-state index in [1.54, 1.807) is 7.11 Å². The predicted molar refractivity (Wildman–Crippen MR) is 84.1 cm³/mol. The summed E-state index contributed by atoms with van der Waals surface area (Å²) in [5.74, 6) is 1.96. The Labute approximate surface area is 128 Å². The van der Waals surface area contributed by atoms with Crippen molar-refractivity contribution in [3.05, 3.63) is 35.9 Å². The second-order valence-electron chi connectivity index (χ2n) is 6.81. The van der Waals surface area contributed by atoms with Gasteiger partial charge in [0.05, 0.1) is 19.8 Å².